The maximum Gasteiger partial charge on any atom is -0.00897 e. The minimum atomic E-state index is 0.273. The van der Waals surface area contributed by atoms with Crippen LogP contribution in [0.5, 0.6) is 0 Å². The standard InChI is InChI=1S/C12H19P/c1-3-10-9-11(4-2)13(10)12-7-5-6-8-12/h5-7,10-11H,3-4,8-9H2,1-2H3. The van der Waals surface area contributed by atoms with Gasteiger partial charge in [-0.25, -0.2) is 0 Å². The van der Waals surface area contributed by atoms with E-state index >= 15 is 0 Å². The summed E-state index contributed by atoms with van der Waals surface area (Å²) in [6.45, 7) is 4.71. The van der Waals surface area contributed by atoms with Gasteiger partial charge in [0.05, 0.1) is 0 Å². The lowest BCUT2D eigenvalue weighted by Gasteiger charge is -2.46. The van der Waals surface area contributed by atoms with Gasteiger partial charge in [-0.15, -0.1) is 0 Å². The Morgan fingerprint density at radius 1 is 1.31 bits per heavy atom. The van der Waals surface area contributed by atoms with Crippen LogP contribution < -0.4 is 0 Å². The minimum Gasteiger partial charge on any atom is -0.0801 e. The van der Waals surface area contributed by atoms with E-state index in [0.717, 1.165) is 11.3 Å². The summed E-state index contributed by atoms with van der Waals surface area (Å²) in [6.07, 6.45) is 12.5. The molecule has 0 aromatic carbocycles. The largest absolute Gasteiger partial charge is 0.0801 e. The Morgan fingerprint density at radius 2 is 2.00 bits per heavy atom. The summed E-state index contributed by atoms with van der Waals surface area (Å²) in [7, 11) is 0.273. The molecule has 0 aromatic heterocycles. The topological polar surface area (TPSA) is 0 Å². The van der Waals surface area contributed by atoms with Gasteiger partial charge in [0.1, 0.15) is 0 Å². The lowest BCUT2D eigenvalue weighted by atomic mass is 10.1. The van der Waals surface area contributed by atoms with Gasteiger partial charge in [0.25, 0.3) is 0 Å². The fourth-order valence-electron chi connectivity index (χ4n) is 2.52. The third kappa shape index (κ3) is 1.62. The molecule has 1 heteroatoms. The quantitative estimate of drug-likeness (QED) is 0.588. The van der Waals surface area contributed by atoms with Crippen LogP contribution in [0, 0.1) is 0 Å². The lowest BCUT2D eigenvalue weighted by Crippen LogP contribution is -2.29. The summed E-state index contributed by atoms with van der Waals surface area (Å²) in [6, 6.07) is 0. The van der Waals surface area contributed by atoms with Crippen LogP contribution in [0.2, 0.25) is 0 Å². The second kappa shape index (κ2) is 3.96. The molecule has 0 aromatic rings. The van der Waals surface area contributed by atoms with Crippen LogP contribution in [0.15, 0.2) is 23.5 Å². The van der Waals surface area contributed by atoms with Crippen molar-refractivity contribution in [1.82, 2.24) is 0 Å². The summed E-state index contributed by atoms with van der Waals surface area (Å²) in [5.74, 6) is 0. The monoisotopic (exact) mass is 194 g/mol. The average molecular weight is 194 g/mol. The molecule has 13 heavy (non-hydrogen) atoms. The van der Waals surface area contributed by atoms with Gasteiger partial charge < -0.3 is 0 Å². The average Bonchev–Trinajstić information content (AvgIpc) is 2.57. The minimum absolute atomic E-state index is 0.273. The van der Waals surface area contributed by atoms with Crippen molar-refractivity contribution in [2.45, 2.75) is 50.8 Å². The molecule has 0 nitrogen and oxygen atoms in total. The van der Waals surface area contributed by atoms with Crippen LogP contribution in [0.3, 0.4) is 0 Å². The summed E-state index contributed by atoms with van der Waals surface area (Å²) in [5.41, 5.74) is 2.12. The molecule has 72 valence electrons. The molecule has 0 N–H and O–H groups in total. The van der Waals surface area contributed by atoms with E-state index in [0.29, 0.717) is 0 Å². The SMILES string of the molecule is CCC1CC(CC)P1C1=CC=CC1. The van der Waals surface area contributed by atoms with Gasteiger partial charge in [-0.2, -0.15) is 0 Å². The van der Waals surface area contributed by atoms with Crippen LogP contribution >= 0.6 is 7.92 Å². The highest BCUT2D eigenvalue weighted by Gasteiger charge is 2.39. The van der Waals surface area contributed by atoms with Crippen molar-refractivity contribution in [3.8, 4) is 0 Å². The number of rotatable bonds is 3. The second-order valence-corrected chi connectivity index (χ2v) is 6.91. The molecule has 1 fully saturated rings. The van der Waals surface area contributed by atoms with E-state index in [1.54, 1.807) is 5.31 Å². The molecule has 0 bridgehead atoms. The molecule has 0 spiro atoms. The Kier molecular flexibility index (Phi) is 2.89. The van der Waals surface area contributed by atoms with Crippen molar-refractivity contribution >= 4 is 7.92 Å². The summed E-state index contributed by atoms with van der Waals surface area (Å²) >= 11 is 0. The van der Waals surface area contributed by atoms with E-state index in [1.165, 1.54) is 25.7 Å². The molecule has 0 saturated carbocycles. The van der Waals surface area contributed by atoms with Crippen molar-refractivity contribution in [2.75, 3.05) is 0 Å². The van der Waals surface area contributed by atoms with E-state index in [-0.39, 0.29) is 7.92 Å². The fraction of sp³-hybridized carbons (Fsp3) is 0.667. The van der Waals surface area contributed by atoms with Gasteiger partial charge >= 0.3 is 0 Å². The third-order valence-corrected chi connectivity index (χ3v) is 7.08. The Hall–Kier alpha value is -0.0900. The molecule has 1 saturated heterocycles. The highest BCUT2D eigenvalue weighted by molar-refractivity contribution is 7.65. The zero-order valence-corrected chi connectivity index (χ0v) is 9.56. The Balaban J connectivity index is 2.02. The maximum absolute atomic E-state index is 2.39. The van der Waals surface area contributed by atoms with Gasteiger partial charge in [-0.05, 0) is 42.3 Å². The molecular formula is C12H19P. The van der Waals surface area contributed by atoms with Gasteiger partial charge in [-0.3, -0.25) is 0 Å². The first-order valence-electron chi connectivity index (χ1n) is 5.50. The molecular weight excluding hydrogens is 175 g/mol. The van der Waals surface area contributed by atoms with E-state index in [4.69, 9.17) is 0 Å². The van der Waals surface area contributed by atoms with Crippen molar-refractivity contribution in [2.24, 2.45) is 0 Å². The van der Waals surface area contributed by atoms with Crippen molar-refractivity contribution in [1.29, 1.82) is 0 Å². The Bertz CT molecular complexity index is 230. The van der Waals surface area contributed by atoms with Crippen molar-refractivity contribution in [3.05, 3.63) is 23.5 Å². The van der Waals surface area contributed by atoms with Crippen LogP contribution in [0.25, 0.3) is 0 Å². The molecule has 1 aliphatic heterocycles. The van der Waals surface area contributed by atoms with Crippen molar-refractivity contribution < 1.29 is 0 Å². The van der Waals surface area contributed by atoms with Gasteiger partial charge in [0.15, 0.2) is 0 Å². The van der Waals surface area contributed by atoms with E-state index in [2.05, 4.69) is 32.1 Å². The number of hydrogen-bond donors (Lipinski definition) is 0. The third-order valence-electron chi connectivity index (χ3n) is 3.36. The highest BCUT2D eigenvalue weighted by atomic mass is 31.1. The van der Waals surface area contributed by atoms with E-state index < -0.39 is 0 Å². The zero-order chi connectivity index (χ0) is 9.26. The highest BCUT2D eigenvalue weighted by Crippen LogP contribution is 2.68. The zero-order valence-electron chi connectivity index (χ0n) is 8.66. The summed E-state index contributed by atoms with van der Waals surface area (Å²) in [4.78, 5) is 0. The first kappa shape index (κ1) is 9.46. The smallest absolute Gasteiger partial charge is 0.00897 e. The van der Waals surface area contributed by atoms with Crippen molar-refractivity contribution in [3.63, 3.8) is 0 Å². The van der Waals surface area contributed by atoms with Crippen LogP contribution in [0.1, 0.15) is 39.5 Å². The first-order chi connectivity index (χ1) is 6.36. The molecule has 2 atom stereocenters. The molecule has 1 aliphatic carbocycles. The number of allylic oxidation sites excluding steroid dienone is 4. The molecule has 2 rings (SSSR count). The molecule has 0 amide bonds. The predicted octanol–water partition coefficient (Wildman–Crippen LogP) is 4.27. The lowest BCUT2D eigenvalue weighted by molar-refractivity contribution is 0.606. The van der Waals surface area contributed by atoms with E-state index in [9.17, 15) is 0 Å². The normalized spacial score (nSPS) is 37.4. The van der Waals surface area contributed by atoms with Crippen LogP contribution in [-0.4, -0.2) is 11.3 Å². The Labute approximate surface area is 82.9 Å². The fourth-order valence-corrected chi connectivity index (χ4v) is 5.99. The maximum atomic E-state index is 2.39. The van der Waals surface area contributed by atoms with Crippen LogP contribution in [-0.2, 0) is 0 Å². The van der Waals surface area contributed by atoms with Gasteiger partial charge in [-0.1, -0.05) is 40.0 Å². The number of hydrogen-bond acceptors (Lipinski definition) is 0. The molecule has 2 aliphatic rings. The van der Waals surface area contributed by atoms with E-state index in [1.807, 2.05) is 0 Å². The summed E-state index contributed by atoms with van der Waals surface area (Å²) < 4.78 is 0. The second-order valence-electron chi connectivity index (χ2n) is 4.06. The van der Waals surface area contributed by atoms with Gasteiger partial charge in [0.2, 0.25) is 0 Å². The summed E-state index contributed by atoms with van der Waals surface area (Å²) in [5, 5.41) is 1.78. The van der Waals surface area contributed by atoms with Crippen LogP contribution in [0.4, 0.5) is 0 Å². The first-order valence-corrected chi connectivity index (χ1v) is 6.98. The Morgan fingerprint density at radius 3 is 2.46 bits per heavy atom. The molecule has 2 unspecified atom stereocenters. The molecule has 1 heterocycles. The van der Waals surface area contributed by atoms with Gasteiger partial charge in [0, 0.05) is 0 Å². The molecule has 0 radical (unpaired) electrons. The predicted molar refractivity (Wildman–Crippen MR) is 61.5 cm³/mol.